The van der Waals surface area contributed by atoms with Gasteiger partial charge in [0.2, 0.25) is 12.6 Å². The number of amides is 1. The number of carbonyl (C=O) groups excluding carboxylic acids is 1. The molecule has 2 atom stereocenters. The molecule has 1 N–H and O–H groups in total. The SMILES string of the molecule is C/C(=N\NC(=O)C[n+]1ccccc1)C1CCCC([N+](=O)[O-])C1. The summed E-state index contributed by atoms with van der Waals surface area (Å²) in [5.41, 5.74) is 3.29. The molecule has 7 heteroatoms. The van der Waals surface area contributed by atoms with Crippen molar-refractivity contribution in [2.24, 2.45) is 11.0 Å². The number of hydrogen-bond acceptors (Lipinski definition) is 4. The van der Waals surface area contributed by atoms with Gasteiger partial charge >= 0.3 is 5.91 Å². The zero-order chi connectivity index (χ0) is 15.9. The van der Waals surface area contributed by atoms with Crippen molar-refractivity contribution in [3.05, 3.63) is 40.7 Å². The van der Waals surface area contributed by atoms with Gasteiger partial charge in [-0.25, -0.2) is 5.43 Å². The fraction of sp³-hybridized carbons (Fsp3) is 0.533. The summed E-state index contributed by atoms with van der Waals surface area (Å²) in [5.74, 6) is -0.133. The normalized spacial score (nSPS) is 22.1. The van der Waals surface area contributed by atoms with Crippen LogP contribution in [0.2, 0.25) is 0 Å². The van der Waals surface area contributed by atoms with Gasteiger partial charge in [0, 0.05) is 41.5 Å². The minimum absolute atomic E-state index is 0.0776. The second kappa shape index (κ2) is 7.63. The highest BCUT2D eigenvalue weighted by atomic mass is 16.6. The molecule has 118 valence electrons. The van der Waals surface area contributed by atoms with Gasteiger partial charge in [-0.2, -0.15) is 9.67 Å². The number of nitrogens with zero attached hydrogens (tertiary/aromatic N) is 3. The van der Waals surface area contributed by atoms with Crippen LogP contribution in [0.4, 0.5) is 0 Å². The minimum Gasteiger partial charge on any atom is -0.266 e. The quantitative estimate of drug-likeness (QED) is 0.385. The lowest BCUT2D eigenvalue weighted by Crippen LogP contribution is -2.41. The number of carbonyl (C=O) groups is 1. The third-order valence-corrected chi connectivity index (χ3v) is 4.00. The first-order valence-corrected chi connectivity index (χ1v) is 7.47. The average Bonchev–Trinajstić information content (AvgIpc) is 2.53. The molecule has 0 aromatic carbocycles. The van der Waals surface area contributed by atoms with Crippen LogP contribution < -0.4 is 9.99 Å². The van der Waals surface area contributed by atoms with Crippen molar-refractivity contribution < 1.29 is 14.3 Å². The van der Waals surface area contributed by atoms with Crippen LogP contribution in [0.3, 0.4) is 0 Å². The van der Waals surface area contributed by atoms with E-state index in [2.05, 4.69) is 10.5 Å². The van der Waals surface area contributed by atoms with Crippen LogP contribution in [0.15, 0.2) is 35.7 Å². The third-order valence-electron chi connectivity index (χ3n) is 4.00. The number of hydrazone groups is 1. The maximum absolute atomic E-state index is 11.8. The first-order chi connectivity index (χ1) is 10.6. The molecule has 1 amide bonds. The Balaban J connectivity index is 1.86. The van der Waals surface area contributed by atoms with Crippen LogP contribution in [-0.2, 0) is 11.3 Å². The Labute approximate surface area is 129 Å². The second-order valence-electron chi connectivity index (χ2n) is 5.64. The van der Waals surface area contributed by atoms with Crippen LogP contribution in [0.25, 0.3) is 0 Å². The molecule has 0 spiro atoms. The molecule has 1 aromatic rings. The standard InChI is InChI=1S/C15H20N4O3/c1-12(13-6-5-7-14(10-13)19(21)22)16-17-15(20)11-18-8-3-2-4-9-18/h2-4,8-9,13-14H,5-7,10-11H2,1H3/p+1/b16-12+. The van der Waals surface area contributed by atoms with Crippen molar-refractivity contribution in [1.29, 1.82) is 0 Å². The third kappa shape index (κ3) is 4.61. The molecule has 1 aromatic heterocycles. The van der Waals surface area contributed by atoms with Gasteiger partial charge < -0.3 is 0 Å². The molecule has 0 saturated heterocycles. The van der Waals surface area contributed by atoms with Crippen LogP contribution in [0.1, 0.15) is 32.6 Å². The number of aromatic nitrogens is 1. The van der Waals surface area contributed by atoms with E-state index in [1.54, 1.807) is 17.0 Å². The smallest absolute Gasteiger partial charge is 0.266 e. The van der Waals surface area contributed by atoms with Gasteiger partial charge in [-0.15, -0.1) is 0 Å². The summed E-state index contributed by atoms with van der Waals surface area (Å²) >= 11 is 0. The molecule has 1 fully saturated rings. The van der Waals surface area contributed by atoms with Crippen LogP contribution in [0, 0.1) is 16.0 Å². The summed E-state index contributed by atoms with van der Waals surface area (Å²) in [7, 11) is 0. The maximum atomic E-state index is 11.8. The zero-order valence-electron chi connectivity index (χ0n) is 12.6. The van der Waals surface area contributed by atoms with E-state index in [0.717, 1.165) is 18.6 Å². The molecule has 22 heavy (non-hydrogen) atoms. The first-order valence-electron chi connectivity index (χ1n) is 7.47. The van der Waals surface area contributed by atoms with Gasteiger partial charge in [-0.3, -0.25) is 14.9 Å². The summed E-state index contributed by atoms with van der Waals surface area (Å²) in [5, 5.41) is 15.0. The van der Waals surface area contributed by atoms with Gasteiger partial charge in [0.15, 0.2) is 12.4 Å². The summed E-state index contributed by atoms with van der Waals surface area (Å²) in [4.78, 5) is 22.5. The molecule has 1 aliphatic rings. The zero-order valence-corrected chi connectivity index (χ0v) is 12.6. The molecule has 0 radical (unpaired) electrons. The molecule has 0 aliphatic heterocycles. The van der Waals surface area contributed by atoms with E-state index in [1.165, 1.54) is 0 Å². The second-order valence-corrected chi connectivity index (χ2v) is 5.64. The van der Waals surface area contributed by atoms with Crippen molar-refractivity contribution in [2.75, 3.05) is 0 Å². The summed E-state index contributed by atoms with van der Waals surface area (Å²) in [6.07, 6.45) is 6.47. The molecule has 1 heterocycles. The van der Waals surface area contributed by atoms with E-state index < -0.39 is 6.04 Å². The Hall–Kier alpha value is -2.31. The van der Waals surface area contributed by atoms with Crippen molar-refractivity contribution in [1.82, 2.24) is 5.43 Å². The minimum atomic E-state index is -0.487. The van der Waals surface area contributed by atoms with Gasteiger partial charge in [-0.1, -0.05) is 6.07 Å². The number of rotatable bonds is 5. The lowest BCUT2D eigenvalue weighted by atomic mass is 9.83. The monoisotopic (exact) mass is 305 g/mol. The van der Waals surface area contributed by atoms with E-state index in [9.17, 15) is 14.9 Å². The van der Waals surface area contributed by atoms with E-state index in [4.69, 9.17) is 0 Å². The van der Waals surface area contributed by atoms with Crippen molar-refractivity contribution in [2.45, 2.75) is 45.2 Å². The van der Waals surface area contributed by atoms with Crippen molar-refractivity contribution >= 4 is 11.6 Å². The number of pyridine rings is 1. The van der Waals surface area contributed by atoms with E-state index in [1.807, 2.05) is 25.1 Å². The molecule has 2 rings (SSSR count). The van der Waals surface area contributed by atoms with Gasteiger partial charge in [0.05, 0.1) is 0 Å². The highest BCUT2D eigenvalue weighted by molar-refractivity contribution is 5.86. The predicted molar refractivity (Wildman–Crippen MR) is 80.6 cm³/mol. The molecule has 2 unspecified atom stereocenters. The number of hydrogen-bond donors (Lipinski definition) is 1. The molecular weight excluding hydrogens is 284 g/mol. The fourth-order valence-corrected chi connectivity index (χ4v) is 2.72. The highest BCUT2D eigenvalue weighted by Gasteiger charge is 2.31. The highest BCUT2D eigenvalue weighted by Crippen LogP contribution is 2.26. The van der Waals surface area contributed by atoms with Crippen LogP contribution in [-0.4, -0.2) is 22.6 Å². The van der Waals surface area contributed by atoms with E-state index in [-0.39, 0.29) is 23.3 Å². The van der Waals surface area contributed by atoms with Gasteiger partial charge in [-0.05, 0) is 19.8 Å². The predicted octanol–water partition coefficient (Wildman–Crippen LogP) is 1.30. The fourth-order valence-electron chi connectivity index (χ4n) is 2.72. The molecular formula is C15H21N4O3+. The molecule has 1 aliphatic carbocycles. The molecule has 7 nitrogen and oxygen atoms in total. The Morgan fingerprint density at radius 1 is 1.36 bits per heavy atom. The topological polar surface area (TPSA) is 88.5 Å². The summed E-state index contributed by atoms with van der Waals surface area (Å²) < 4.78 is 1.75. The van der Waals surface area contributed by atoms with Crippen molar-refractivity contribution in [3.8, 4) is 0 Å². The Bertz CT molecular complexity index is 559. The summed E-state index contributed by atoms with van der Waals surface area (Å²) in [6.45, 7) is 2.02. The summed E-state index contributed by atoms with van der Waals surface area (Å²) in [6, 6.07) is 5.09. The molecule has 1 saturated carbocycles. The van der Waals surface area contributed by atoms with Crippen molar-refractivity contribution in [3.63, 3.8) is 0 Å². The lowest BCUT2D eigenvalue weighted by Gasteiger charge is -2.23. The Morgan fingerprint density at radius 3 is 2.77 bits per heavy atom. The largest absolute Gasteiger partial charge is 0.305 e. The Kier molecular flexibility index (Phi) is 5.57. The maximum Gasteiger partial charge on any atom is 0.305 e. The Morgan fingerprint density at radius 2 is 2.09 bits per heavy atom. The van der Waals surface area contributed by atoms with E-state index in [0.29, 0.717) is 12.8 Å². The number of nitro groups is 1. The lowest BCUT2D eigenvalue weighted by molar-refractivity contribution is -0.684. The van der Waals surface area contributed by atoms with Crippen LogP contribution in [0.5, 0.6) is 0 Å². The first kappa shape index (κ1) is 16.1. The number of nitrogens with one attached hydrogen (secondary N) is 1. The van der Waals surface area contributed by atoms with Crippen LogP contribution >= 0.6 is 0 Å². The average molecular weight is 305 g/mol. The molecule has 0 bridgehead atoms. The van der Waals surface area contributed by atoms with E-state index >= 15 is 0 Å². The van der Waals surface area contributed by atoms with Gasteiger partial charge in [0.25, 0.3) is 0 Å². The van der Waals surface area contributed by atoms with Gasteiger partial charge in [0.1, 0.15) is 0 Å².